The zero-order chi connectivity index (χ0) is 14.9. The van der Waals surface area contributed by atoms with E-state index in [1.54, 1.807) is 11.3 Å². The number of rotatable bonds is 3. The van der Waals surface area contributed by atoms with Crippen LogP contribution in [0.3, 0.4) is 0 Å². The van der Waals surface area contributed by atoms with Crippen LogP contribution in [0.5, 0.6) is 0 Å². The van der Waals surface area contributed by atoms with Crippen LogP contribution in [0.15, 0.2) is 24.3 Å². The molecule has 1 aromatic carbocycles. The maximum absolute atomic E-state index is 6.17. The lowest BCUT2D eigenvalue weighted by molar-refractivity contribution is 0.138. The van der Waals surface area contributed by atoms with Gasteiger partial charge in [-0.1, -0.05) is 34.6 Å². The number of hydrogen-bond acceptors (Lipinski definition) is 6. The zero-order valence-electron chi connectivity index (χ0n) is 11.9. The lowest BCUT2D eigenvalue weighted by Gasteiger charge is -2.33. The molecule has 1 aliphatic rings. The zero-order valence-corrected chi connectivity index (χ0v) is 14.3. The van der Waals surface area contributed by atoms with Gasteiger partial charge in [0, 0.05) is 18.1 Å². The van der Waals surface area contributed by atoms with Crippen LogP contribution in [0.4, 0.5) is 0 Å². The number of halogens is 1. The number of benzene rings is 1. The Labute approximate surface area is 141 Å². The molecule has 4 rings (SSSR count). The second-order valence-electron chi connectivity index (χ2n) is 5.50. The Kier molecular flexibility index (Phi) is 4.09. The Morgan fingerprint density at radius 2 is 2.18 bits per heavy atom. The third-order valence-corrected chi connectivity index (χ3v) is 6.19. The first-order valence-corrected chi connectivity index (χ1v) is 9.34. The van der Waals surface area contributed by atoms with Crippen LogP contribution >= 0.6 is 34.5 Å². The number of hydrogen-bond donors (Lipinski definition) is 0. The van der Waals surface area contributed by atoms with Crippen LogP contribution < -0.4 is 0 Å². The van der Waals surface area contributed by atoms with E-state index in [1.165, 1.54) is 34.1 Å². The van der Waals surface area contributed by atoms with Gasteiger partial charge in [-0.25, -0.2) is 4.98 Å². The number of nitrogens with zero attached hydrogens (tertiary/aromatic N) is 4. The Morgan fingerprint density at radius 3 is 3.00 bits per heavy atom. The van der Waals surface area contributed by atoms with Gasteiger partial charge >= 0.3 is 0 Å². The van der Waals surface area contributed by atoms with Crippen molar-refractivity contribution in [3.8, 4) is 0 Å². The smallest absolute Gasteiger partial charge is 0.138 e. The predicted octanol–water partition coefficient (Wildman–Crippen LogP) is 4.53. The minimum Gasteiger partial charge on any atom is -0.288 e. The third kappa shape index (κ3) is 2.76. The summed E-state index contributed by atoms with van der Waals surface area (Å²) in [5.41, 5.74) is 1.99. The fourth-order valence-corrected chi connectivity index (χ4v) is 4.73. The lowest BCUT2D eigenvalue weighted by Crippen LogP contribution is -2.33. The molecular formula is C15H15ClN4S2. The molecule has 0 aliphatic carbocycles. The maximum atomic E-state index is 6.17. The molecule has 1 atom stereocenters. The van der Waals surface area contributed by atoms with Gasteiger partial charge in [0.2, 0.25) is 0 Å². The van der Waals surface area contributed by atoms with E-state index in [2.05, 4.69) is 32.7 Å². The van der Waals surface area contributed by atoms with E-state index < -0.39 is 0 Å². The highest BCUT2D eigenvalue weighted by atomic mass is 35.5. The number of piperidine rings is 1. The summed E-state index contributed by atoms with van der Waals surface area (Å²) in [6, 6.07) is 8.72. The minimum absolute atomic E-state index is 0.365. The summed E-state index contributed by atoms with van der Waals surface area (Å²) in [7, 11) is 0. The Balaban J connectivity index is 1.63. The SMILES string of the molecule is Clc1snnc1CN1CCCC[C@@H]1c1nc2ccccc2s1. The van der Waals surface area contributed by atoms with Crippen LogP contribution in [-0.4, -0.2) is 26.0 Å². The first-order chi connectivity index (χ1) is 10.8. The molecular weight excluding hydrogens is 336 g/mol. The number of fused-ring (bicyclic) bond motifs is 1. The second-order valence-corrected chi connectivity index (χ2v) is 7.91. The molecule has 0 bridgehead atoms. The van der Waals surface area contributed by atoms with Gasteiger partial charge in [-0.3, -0.25) is 4.90 Å². The summed E-state index contributed by atoms with van der Waals surface area (Å²) < 4.78 is 5.90. The van der Waals surface area contributed by atoms with Crippen molar-refractivity contribution in [3.63, 3.8) is 0 Å². The molecule has 4 nitrogen and oxygen atoms in total. The molecule has 114 valence electrons. The van der Waals surface area contributed by atoms with Gasteiger partial charge in [0.15, 0.2) is 0 Å². The molecule has 0 unspecified atom stereocenters. The number of likely N-dealkylation sites (tertiary alicyclic amines) is 1. The van der Waals surface area contributed by atoms with Crippen LogP contribution in [0.1, 0.15) is 36.0 Å². The Bertz CT molecular complexity index is 752. The molecule has 0 saturated carbocycles. The molecule has 0 radical (unpaired) electrons. The molecule has 1 aliphatic heterocycles. The highest BCUT2D eigenvalue weighted by molar-refractivity contribution is 7.18. The van der Waals surface area contributed by atoms with Crippen molar-refractivity contribution in [3.05, 3.63) is 39.3 Å². The van der Waals surface area contributed by atoms with E-state index in [1.807, 2.05) is 6.07 Å². The summed E-state index contributed by atoms with van der Waals surface area (Å²) in [4.78, 5) is 7.30. The van der Waals surface area contributed by atoms with Gasteiger partial charge in [-0.15, -0.1) is 16.4 Å². The first-order valence-electron chi connectivity index (χ1n) is 7.37. The van der Waals surface area contributed by atoms with Crippen molar-refractivity contribution < 1.29 is 0 Å². The summed E-state index contributed by atoms with van der Waals surface area (Å²) in [6.45, 7) is 1.82. The molecule has 3 heterocycles. The van der Waals surface area contributed by atoms with Crippen LogP contribution in [0.2, 0.25) is 4.34 Å². The van der Waals surface area contributed by atoms with Crippen molar-refractivity contribution >= 4 is 44.7 Å². The number of thiazole rings is 1. The third-order valence-electron chi connectivity index (χ3n) is 4.07. The van der Waals surface area contributed by atoms with Gasteiger partial charge in [-0.05, 0) is 31.5 Å². The maximum Gasteiger partial charge on any atom is 0.138 e. The summed E-state index contributed by atoms with van der Waals surface area (Å²) in [5.74, 6) is 0. The van der Waals surface area contributed by atoms with E-state index in [-0.39, 0.29) is 0 Å². The second kappa shape index (κ2) is 6.20. The fourth-order valence-electron chi connectivity index (χ4n) is 2.98. The van der Waals surface area contributed by atoms with Crippen molar-refractivity contribution in [2.75, 3.05) is 6.54 Å². The van der Waals surface area contributed by atoms with Crippen molar-refractivity contribution in [2.45, 2.75) is 31.8 Å². The largest absolute Gasteiger partial charge is 0.288 e. The standard InChI is InChI=1S/C15H15ClN4S2/c16-14-11(18-19-22-14)9-20-8-4-3-6-12(20)15-17-10-5-1-2-7-13(10)21-15/h1-2,5,7,12H,3-4,6,8-9H2/t12-/m1/s1. The molecule has 7 heteroatoms. The molecule has 0 N–H and O–H groups in total. The Hall–Kier alpha value is -1.08. The van der Waals surface area contributed by atoms with Crippen molar-refractivity contribution in [1.82, 2.24) is 19.5 Å². The normalized spacial score (nSPS) is 19.8. The molecule has 1 saturated heterocycles. The lowest BCUT2D eigenvalue weighted by atomic mass is 10.0. The minimum atomic E-state index is 0.365. The molecule has 0 spiro atoms. The highest BCUT2D eigenvalue weighted by Crippen LogP contribution is 2.36. The molecule has 3 aromatic rings. The molecule has 1 fully saturated rings. The van der Waals surface area contributed by atoms with Crippen LogP contribution in [0.25, 0.3) is 10.2 Å². The molecule has 2 aromatic heterocycles. The fraction of sp³-hybridized carbons (Fsp3) is 0.400. The molecule has 22 heavy (non-hydrogen) atoms. The average Bonchev–Trinajstić information content (AvgIpc) is 3.14. The van der Waals surface area contributed by atoms with Crippen LogP contribution in [-0.2, 0) is 6.54 Å². The van der Waals surface area contributed by atoms with E-state index in [0.717, 1.165) is 30.7 Å². The van der Waals surface area contributed by atoms with Gasteiger partial charge < -0.3 is 0 Å². The van der Waals surface area contributed by atoms with Gasteiger partial charge in [0.05, 0.1) is 16.3 Å². The number of para-hydroxylation sites is 1. The van der Waals surface area contributed by atoms with Crippen molar-refractivity contribution in [1.29, 1.82) is 0 Å². The van der Waals surface area contributed by atoms with Gasteiger partial charge in [-0.2, -0.15) is 0 Å². The van der Waals surface area contributed by atoms with Crippen LogP contribution in [0, 0.1) is 0 Å². The van der Waals surface area contributed by atoms with E-state index in [0.29, 0.717) is 10.4 Å². The Morgan fingerprint density at radius 1 is 1.27 bits per heavy atom. The van der Waals surface area contributed by atoms with Crippen molar-refractivity contribution in [2.24, 2.45) is 0 Å². The topological polar surface area (TPSA) is 41.9 Å². The molecule has 0 amide bonds. The average molecular weight is 351 g/mol. The first kappa shape index (κ1) is 14.5. The van der Waals surface area contributed by atoms with E-state index in [9.17, 15) is 0 Å². The highest BCUT2D eigenvalue weighted by Gasteiger charge is 2.28. The predicted molar refractivity (Wildman–Crippen MR) is 91.5 cm³/mol. The quantitative estimate of drug-likeness (QED) is 0.696. The summed E-state index contributed by atoms with van der Waals surface area (Å²) in [5, 5.41) is 5.37. The summed E-state index contributed by atoms with van der Waals surface area (Å²) in [6.07, 6.45) is 3.62. The summed E-state index contributed by atoms with van der Waals surface area (Å²) >= 11 is 9.23. The van der Waals surface area contributed by atoms with E-state index in [4.69, 9.17) is 16.6 Å². The van der Waals surface area contributed by atoms with Gasteiger partial charge in [0.25, 0.3) is 0 Å². The number of aromatic nitrogens is 3. The van der Waals surface area contributed by atoms with Gasteiger partial charge in [0.1, 0.15) is 15.0 Å². The van der Waals surface area contributed by atoms with E-state index >= 15 is 0 Å². The monoisotopic (exact) mass is 350 g/mol.